The Morgan fingerprint density at radius 2 is 1.12 bits per heavy atom. The van der Waals surface area contributed by atoms with Crippen LogP contribution in [0.2, 0.25) is 0 Å². The van der Waals surface area contributed by atoms with E-state index in [1.807, 2.05) is 27.8 Å². The third-order valence-corrected chi connectivity index (χ3v) is 12.7. The smallest absolute Gasteiger partial charge is 0.378 e. The van der Waals surface area contributed by atoms with E-state index in [9.17, 15) is 29.1 Å². The van der Waals surface area contributed by atoms with Gasteiger partial charge in [-0.15, -0.1) is 34.0 Å². The fourth-order valence-electron chi connectivity index (χ4n) is 6.90. The van der Waals surface area contributed by atoms with Crippen LogP contribution in [0, 0.1) is 5.92 Å². The van der Waals surface area contributed by atoms with Gasteiger partial charge in [0, 0.05) is 49.1 Å². The van der Waals surface area contributed by atoms with Crippen molar-refractivity contribution in [2.75, 3.05) is 54.4 Å². The number of hydrogen-bond acceptors (Lipinski definition) is 11. The highest BCUT2D eigenvalue weighted by molar-refractivity contribution is 7.13. The molecule has 0 aromatic carbocycles. The molecule has 14 heteroatoms. The van der Waals surface area contributed by atoms with Crippen molar-refractivity contribution in [3.8, 4) is 0 Å². The topological polar surface area (TPSA) is 139 Å². The summed E-state index contributed by atoms with van der Waals surface area (Å²) in [4.78, 5) is 67.5. The molecule has 51 heavy (non-hydrogen) atoms. The maximum absolute atomic E-state index is 13.3. The maximum atomic E-state index is 13.3. The average Bonchev–Trinajstić information content (AvgIpc) is 3.99. The summed E-state index contributed by atoms with van der Waals surface area (Å²) in [6, 6.07) is 11.5. The molecular weight excluding hydrogens is 709 g/mol. The van der Waals surface area contributed by atoms with Crippen LogP contribution in [0.25, 0.3) is 0 Å². The molecule has 1 aliphatic carbocycles. The molecule has 2 N–H and O–H groups in total. The monoisotopic (exact) mass is 758 g/mol. The summed E-state index contributed by atoms with van der Waals surface area (Å²) in [6.07, 6.45) is 8.01. The number of carboxylic acids is 1. The zero-order chi connectivity index (χ0) is 37.1. The Kier molecular flexibility index (Phi) is 15.1. The Balaban J connectivity index is 0.000000185. The number of rotatable bonds is 9. The number of ketones is 2. The molecule has 1 unspecified atom stereocenters. The molecule has 6 rings (SSSR count). The van der Waals surface area contributed by atoms with Gasteiger partial charge in [-0.1, -0.05) is 31.0 Å². The van der Waals surface area contributed by atoms with E-state index >= 15 is 0 Å². The minimum absolute atomic E-state index is 0.0657. The van der Waals surface area contributed by atoms with Gasteiger partial charge >= 0.3 is 5.97 Å². The van der Waals surface area contributed by atoms with Crippen molar-refractivity contribution in [1.29, 1.82) is 0 Å². The third-order valence-electron chi connectivity index (χ3n) is 10.0. The van der Waals surface area contributed by atoms with E-state index in [1.165, 1.54) is 28.7 Å². The van der Waals surface area contributed by atoms with E-state index in [-0.39, 0.29) is 28.4 Å². The minimum Gasteiger partial charge on any atom is -0.475 e. The quantitative estimate of drug-likeness (QED) is 0.224. The fourth-order valence-corrected chi connectivity index (χ4v) is 9.11. The highest BCUT2D eigenvalue weighted by atomic mass is 32.1. The van der Waals surface area contributed by atoms with Gasteiger partial charge in [0.2, 0.25) is 0 Å². The molecule has 11 nitrogen and oxygen atoms in total. The summed E-state index contributed by atoms with van der Waals surface area (Å²) in [5, 5.41) is 25.1. The maximum Gasteiger partial charge on any atom is 0.378 e. The Morgan fingerprint density at radius 3 is 1.53 bits per heavy atom. The molecule has 0 bridgehead atoms. The molecule has 2 amide bonds. The summed E-state index contributed by atoms with van der Waals surface area (Å²) >= 11 is 3.96. The van der Waals surface area contributed by atoms with Gasteiger partial charge in [0.15, 0.2) is 5.60 Å². The zero-order valence-electron chi connectivity index (χ0n) is 29.9. The minimum atomic E-state index is -1.40. The molecule has 3 aromatic heterocycles. The first-order valence-corrected chi connectivity index (χ1v) is 20.0. The molecular formula is C37H50N4O7S3. The number of carboxylic acid groups (broad SMARTS) is 1. The molecule has 3 aromatic rings. The van der Waals surface area contributed by atoms with E-state index in [1.54, 1.807) is 28.5 Å². The number of amides is 2. The lowest BCUT2D eigenvalue weighted by Crippen LogP contribution is -2.54. The average molecular weight is 759 g/mol. The second-order valence-corrected chi connectivity index (χ2v) is 16.5. The number of aliphatic carboxylic acids is 1. The van der Waals surface area contributed by atoms with Crippen LogP contribution in [0.5, 0.6) is 0 Å². The first-order chi connectivity index (χ1) is 24.3. The van der Waals surface area contributed by atoms with Gasteiger partial charge in [-0.05, 0) is 101 Å². The van der Waals surface area contributed by atoms with Crippen LogP contribution in [0.4, 0.5) is 0 Å². The SMILES string of the molecule is CN(C)C1CCN(C(=O)C(=O)c2cccs2)CC1.CN(C)C1CCN(C(=O)C(O)(c2cccs2)C2CCCC2)CC1.O=C(O)C(=O)c1cccs1. The molecule has 2 aliphatic heterocycles. The summed E-state index contributed by atoms with van der Waals surface area (Å²) in [5.74, 6) is -2.95. The molecule has 2 saturated heterocycles. The number of aliphatic hydroxyl groups is 1. The van der Waals surface area contributed by atoms with Crippen LogP contribution in [-0.2, 0) is 20.0 Å². The molecule has 3 aliphatic rings. The largest absolute Gasteiger partial charge is 0.475 e. The standard InChI is InChI=1S/C18H28N2O2S.C13H18N2O2S.C6H4O3S/c1-19(2)15-9-11-20(12-10-15)17(21)18(22,14-6-3-4-7-14)16-8-5-13-23-16;1-14(2)10-5-7-15(8-6-10)13(17)12(16)11-4-3-9-18-11;7-5(6(8)9)4-2-1-3-10-4/h5,8,13-15,22H,3-4,6-7,9-12H2,1-2H3;3-4,9-10H,5-8H2,1-2H3;1-3H,(H,8,9). The summed E-state index contributed by atoms with van der Waals surface area (Å²) in [7, 11) is 8.31. The number of nitrogens with zero attached hydrogens (tertiary/aromatic N) is 4. The van der Waals surface area contributed by atoms with Gasteiger partial charge in [0.1, 0.15) is 0 Å². The summed E-state index contributed by atoms with van der Waals surface area (Å²) < 4.78 is 0. The van der Waals surface area contributed by atoms with Crippen molar-refractivity contribution in [2.45, 2.75) is 69.1 Å². The Morgan fingerprint density at radius 1 is 0.667 bits per heavy atom. The van der Waals surface area contributed by atoms with Crippen molar-refractivity contribution in [1.82, 2.24) is 19.6 Å². The second-order valence-electron chi connectivity index (χ2n) is 13.6. The van der Waals surface area contributed by atoms with E-state index in [0.717, 1.165) is 80.7 Å². The van der Waals surface area contributed by atoms with Gasteiger partial charge < -0.3 is 29.8 Å². The van der Waals surface area contributed by atoms with E-state index in [4.69, 9.17) is 5.11 Å². The van der Waals surface area contributed by atoms with Gasteiger partial charge in [0.25, 0.3) is 23.4 Å². The van der Waals surface area contributed by atoms with Crippen molar-refractivity contribution in [3.05, 3.63) is 67.2 Å². The lowest BCUT2D eigenvalue weighted by Gasteiger charge is -2.41. The molecule has 1 atom stereocenters. The van der Waals surface area contributed by atoms with Gasteiger partial charge in [-0.3, -0.25) is 19.2 Å². The molecule has 1 saturated carbocycles. The highest BCUT2D eigenvalue weighted by Gasteiger charge is 2.49. The lowest BCUT2D eigenvalue weighted by atomic mass is 9.82. The van der Waals surface area contributed by atoms with Crippen molar-refractivity contribution < 1.29 is 34.2 Å². The van der Waals surface area contributed by atoms with Crippen LogP contribution < -0.4 is 0 Å². The molecule has 5 heterocycles. The molecule has 0 radical (unpaired) electrons. The van der Waals surface area contributed by atoms with Crippen molar-refractivity contribution in [3.63, 3.8) is 0 Å². The van der Waals surface area contributed by atoms with Crippen molar-refractivity contribution >= 4 is 63.4 Å². The van der Waals surface area contributed by atoms with E-state index in [0.29, 0.717) is 30.1 Å². The molecule has 278 valence electrons. The van der Waals surface area contributed by atoms with Crippen LogP contribution in [0.3, 0.4) is 0 Å². The summed E-state index contributed by atoms with van der Waals surface area (Å²) in [6.45, 7) is 2.86. The van der Waals surface area contributed by atoms with Crippen LogP contribution in [0.1, 0.15) is 75.6 Å². The first-order valence-electron chi connectivity index (χ1n) is 17.4. The predicted molar refractivity (Wildman–Crippen MR) is 202 cm³/mol. The van der Waals surface area contributed by atoms with E-state index < -0.39 is 17.4 Å². The number of carbonyl (C=O) groups excluding carboxylic acids is 4. The molecule has 3 fully saturated rings. The second kappa shape index (κ2) is 19.0. The first kappa shape index (κ1) is 40.5. The Hall–Kier alpha value is -3.27. The molecule has 0 spiro atoms. The zero-order valence-corrected chi connectivity index (χ0v) is 32.3. The van der Waals surface area contributed by atoms with Crippen LogP contribution >= 0.6 is 34.0 Å². The summed E-state index contributed by atoms with van der Waals surface area (Å²) in [5.41, 5.74) is -1.31. The Labute approximate surface area is 312 Å². The predicted octanol–water partition coefficient (Wildman–Crippen LogP) is 5.18. The van der Waals surface area contributed by atoms with Crippen molar-refractivity contribution in [2.24, 2.45) is 5.92 Å². The Bertz CT molecular complexity index is 1550. The normalized spacial score (nSPS) is 18.4. The number of thiophene rings is 3. The van der Waals surface area contributed by atoms with Crippen LogP contribution in [0.15, 0.2) is 52.5 Å². The number of hydrogen-bond donors (Lipinski definition) is 2. The third kappa shape index (κ3) is 10.4. The van der Waals surface area contributed by atoms with Gasteiger partial charge in [-0.2, -0.15) is 0 Å². The van der Waals surface area contributed by atoms with E-state index in [2.05, 4.69) is 38.0 Å². The number of likely N-dealkylation sites (tertiary alicyclic amines) is 2. The number of carbonyl (C=O) groups is 5. The van der Waals surface area contributed by atoms with Gasteiger partial charge in [0.05, 0.1) is 9.75 Å². The fraction of sp³-hybridized carbons (Fsp3) is 0.541. The van der Waals surface area contributed by atoms with Crippen LogP contribution in [-0.4, -0.2) is 126 Å². The lowest BCUT2D eigenvalue weighted by molar-refractivity contribution is -0.160. The number of piperidine rings is 2. The highest BCUT2D eigenvalue weighted by Crippen LogP contribution is 2.43. The number of Topliss-reactive ketones (excluding diaryl/α,β-unsaturated/α-hetero) is 2. The van der Waals surface area contributed by atoms with Gasteiger partial charge in [-0.25, -0.2) is 4.79 Å².